The van der Waals surface area contributed by atoms with Gasteiger partial charge in [-0.05, 0) is 33.0 Å². The van der Waals surface area contributed by atoms with Gasteiger partial charge in [-0.3, -0.25) is 0 Å². The fraction of sp³-hybridized carbons (Fsp3) is 0.545. The molecule has 0 aromatic heterocycles. The Bertz CT molecular complexity index is 131. The number of thiocarbonyl (C=S) groups is 1. The highest BCUT2D eigenvalue weighted by molar-refractivity contribution is 8.10. The fourth-order valence-electron chi connectivity index (χ4n) is 0.123. The standard InChI is InChI=1S/C3H6OS2.2C3H6.C2H6O2/c1-2-4-3(5)6;2*1-3-2;3-1-2-4/h2H2,1H3,(H,5,6);2*3H,1H2,2H3;3-4H,1-2H2. The molecule has 0 heterocycles. The fourth-order valence-corrected chi connectivity index (χ4v) is 0.370. The minimum absolute atomic E-state index is 0.125. The zero-order valence-electron chi connectivity index (χ0n) is 10.3. The third-order valence-electron chi connectivity index (χ3n) is 0.368. The first-order valence-corrected chi connectivity index (χ1v) is 5.59. The van der Waals surface area contributed by atoms with E-state index in [-0.39, 0.29) is 13.2 Å². The predicted molar refractivity (Wildman–Crippen MR) is 79.1 cm³/mol. The van der Waals surface area contributed by atoms with E-state index in [2.05, 4.69) is 42.7 Å². The summed E-state index contributed by atoms with van der Waals surface area (Å²) in [5.74, 6) is 0. The van der Waals surface area contributed by atoms with Crippen LogP contribution in [0.5, 0.6) is 0 Å². The Hall–Kier alpha value is -0.360. The van der Waals surface area contributed by atoms with Crippen LogP contribution in [0, 0.1) is 0 Å². The summed E-state index contributed by atoms with van der Waals surface area (Å²) >= 11 is 8.12. The minimum Gasteiger partial charge on any atom is -0.479 e. The average Bonchev–Trinajstić information content (AvgIpc) is 2.20. The lowest BCUT2D eigenvalue weighted by Gasteiger charge is -1.92. The maximum atomic E-state index is 7.62. The molecule has 0 aliphatic heterocycles. The van der Waals surface area contributed by atoms with Gasteiger partial charge in [0.1, 0.15) is 0 Å². The Morgan fingerprint density at radius 2 is 1.50 bits per heavy atom. The van der Waals surface area contributed by atoms with Crippen LogP contribution in [-0.4, -0.2) is 34.4 Å². The van der Waals surface area contributed by atoms with E-state index >= 15 is 0 Å². The molecule has 3 nitrogen and oxygen atoms in total. The molecular formula is C11H24O3S2. The van der Waals surface area contributed by atoms with E-state index < -0.39 is 0 Å². The van der Waals surface area contributed by atoms with E-state index in [0.717, 1.165) is 0 Å². The summed E-state index contributed by atoms with van der Waals surface area (Å²) in [6, 6.07) is 0. The Kier molecular flexibility index (Phi) is 56.4. The lowest BCUT2D eigenvalue weighted by atomic mass is 10.8. The summed E-state index contributed by atoms with van der Waals surface area (Å²) in [4.78, 5) is 0. The third-order valence-corrected chi connectivity index (χ3v) is 0.615. The normalized spacial score (nSPS) is 6.38. The molecule has 0 aromatic rings. The molecule has 0 saturated carbocycles. The summed E-state index contributed by atoms with van der Waals surface area (Å²) in [5, 5.41) is 15.2. The maximum absolute atomic E-state index is 7.62. The van der Waals surface area contributed by atoms with Gasteiger partial charge in [0.05, 0.1) is 19.8 Å². The van der Waals surface area contributed by atoms with Crippen LogP contribution >= 0.6 is 24.8 Å². The van der Waals surface area contributed by atoms with Gasteiger partial charge < -0.3 is 14.9 Å². The zero-order chi connectivity index (χ0) is 13.8. The lowest BCUT2D eigenvalue weighted by molar-refractivity contribution is 0.186. The third kappa shape index (κ3) is 164. The summed E-state index contributed by atoms with van der Waals surface area (Å²) in [7, 11) is 0. The second kappa shape index (κ2) is 36.5. The van der Waals surface area contributed by atoms with Crippen LogP contribution in [0.25, 0.3) is 0 Å². The van der Waals surface area contributed by atoms with Crippen molar-refractivity contribution in [2.75, 3.05) is 19.8 Å². The molecule has 0 unspecified atom stereocenters. The van der Waals surface area contributed by atoms with Gasteiger partial charge in [0.15, 0.2) is 0 Å². The summed E-state index contributed by atoms with van der Waals surface area (Å²) < 4.78 is 4.95. The van der Waals surface area contributed by atoms with Crippen molar-refractivity contribution >= 4 is 29.2 Å². The van der Waals surface area contributed by atoms with Crippen LogP contribution in [0.1, 0.15) is 20.8 Å². The van der Waals surface area contributed by atoms with Crippen molar-refractivity contribution in [1.82, 2.24) is 0 Å². The second-order valence-electron chi connectivity index (χ2n) is 1.96. The summed E-state index contributed by atoms with van der Waals surface area (Å²) in [6.45, 7) is 12.7. The zero-order valence-corrected chi connectivity index (χ0v) is 12.1. The highest BCUT2D eigenvalue weighted by Crippen LogP contribution is 1.83. The molecule has 0 aromatic carbocycles. The monoisotopic (exact) mass is 268 g/mol. The Morgan fingerprint density at radius 1 is 1.25 bits per heavy atom. The smallest absolute Gasteiger partial charge is 0.216 e. The molecule has 5 heteroatoms. The van der Waals surface area contributed by atoms with Gasteiger partial charge in [0, 0.05) is 0 Å². The van der Waals surface area contributed by atoms with Crippen LogP contribution in [0.4, 0.5) is 0 Å². The molecule has 0 rings (SSSR count). The number of aliphatic hydroxyl groups excluding tert-OH is 2. The van der Waals surface area contributed by atoms with Crippen molar-refractivity contribution < 1.29 is 14.9 Å². The molecule has 0 atom stereocenters. The van der Waals surface area contributed by atoms with Crippen LogP contribution in [0.3, 0.4) is 0 Å². The van der Waals surface area contributed by atoms with Crippen molar-refractivity contribution in [3.63, 3.8) is 0 Å². The molecule has 0 fully saturated rings. The topological polar surface area (TPSA) is 49.7 Å². The first-order valence-electron chi connectivity index (χ1n) is 4.73. The molecule has 0 aliphatic carbocycles. The van der Waals surface area contributed by atoms with Gasteiger partial charge in [-0.1, -0.05) is 24.8 Å². The van der Waals surface area contributed by atoms with Gasteiger partial charge in [-0.25, -0.2) is 0 Å². The van der Waals surface area contributed by atoms with Crippen molar-refractivity contribution in [3.8, 4) is 0 Å². The van der Waals surface area contributed by atoms with E-state index in [1.807, 2.05) is 20.8 Å². The van der Waals surface area contributed by atoms with Crippen LogP contribution < -0.4 is 0 Å². The molecule has 2 N–H and O–H groups in total. The first kappa shape index (κ1) is 24.7. The van der Waals surface area contributed by atoms with Crippen molar-refractivity contribution in [1.29, 1.82) is 0 Å². The van der Waals surface area contributed by atoms with Gasteiger partial charge in [0.25, 0.3) is 0 Å². The van der Waals surface area contributed by atoms with Gasteiger partial charge in [-0.15, -0.1) is 13.2 Å². The Morgan fingerprint density at radius 3 is 1.50 bits per heavy atom. The second-order valence-corrected chi connectivity index (χ2v) is 3.04. The number of aliphatic hydroxyl groups is 2. The molecule has 0 aliphatic rings. The number of ether oxygens (including phenoxy) is 1. The van der Waals surface area contributed by atoms with Gasteiger partial charge in [0.2, 0.25) is 4.38 Å². The largest absolute Gasteiger partial charge is 0.479 e. The summed E-state index contributed by atoms with van der Waals surface area (Å²) in [6.07, 6.45) is 3.50. The molecule has 0 saturated heterocycles. The predicted octanol–water partition coefficient (Wildman–Crippen LogP) is 2.59. The molecular weight excluding hydrogens is 244 g/mol. The molecule has 98 valence electrons. The van der Waals surface area contributed by atoms with E-state index in [9.17, 15) is 0 Å². The lowest BCUT2D eigenvalue weighted by Crippen LogP contribution is -1.89. The number of rotatable bonds is 2. The minimum atomic E-state index is -0.125. The molecule has 0 bridgehead atoms. The van der Waals surface area contributed by atoms with Crippen LogP contribution in [-0.2, 0) is 4.74 Å². The average molecular weight is 268 g/mol. The maximum Gasteiger partial charge on any atom is 0.216 e. The van der Waals surface area contributed by atoms with Crippen LogP contribution in [0.2, 0.25) is 0 Å². The van der Waals surface area contributed by atoms with Crippen molar-refractivity contribution in [2.24, 2.45) is 0 Å². The Labute approximate surface area is 110 Å². The molecule has 0 spiro atoms. The van der Waals surface area contributed by atoms with E-state index in [4.69, 9.17) is 10.2 Å². The number of hydrogen-bond donors (Lipinski definition) is 3. The van der Waals surface area contributed by atoms with E-state index in [1.54, 1.807) is 12.2 Å². The van der Waals surface area contributed by atoms with Crippen LogP contribution in [0.15, 0.2) is 25.3 Å². The molecule has 0 amide bonds. The molecule has 16 heavy (non-hydrogen) atoms. The first-order chi connectivity index (χ1) is 7.51. The number of hydrogen-bond acceptors (Lipinski definition) is 4. The Balaban J connectivity index is -0.0000000635. The van der Waals surface area contributed by atoms with E-state index in [1.165, 1.54) is 0 Å². The summed E-state index contributed by atoms with van der Waals surface area (Å²) in [5.41, 5.74) is 0. The van der Waals surface area contributed by atoms with Gasteiger partial charge >= 0.3 is 0 Å². The van der Waals surface area contributed by atoms with Gasteiger partial charge in [-0.2, -0.15) is 0 Å². The van der Waals surface area contributed by atoms with Crippen molar-refractivity contribution in [3.05, 3.63) is 25.3 Å². The highest BCUT2D eigenvalue weighted by atomic mass is 32.1. The molecule has 0 radical (unpaired) electrons. The van der Waals surface area contributed by atoms with Crippen molar-refractivity contribution in [2.45, 2.75) is 20.8 Å². The quantitative estimate of drug-likeness (QED) is 0.409. The SMILES string of the molecule is C=CC.C=CC.CCOC(=S)S.OCCO. The van der Waals surface area contributed by atoms with E-state index in [0.29, 0.717) is 11.0 Å². The number of thiol groups is 1. The number of allylic oxidation sites excluding steroid dienone is 2. The highest BCUT2D eigenvalue weighted by Gasteiger charge is 1.77.